The largest absolute Gasteiger partial charge is 0.469 e. The van der Waals surface area contributed by atoms with Gasteiger partial charge >= 0.3 is 0 Å². The summed E-state index contributed by atoms with van der Waals surface area (Å²) >= 11 is 0. The number of hydrogen-bond acceptors (Lipinski definition) is 2. The number of nitrogens with one attached hydrogen (secondary N) is 1. The lowest BCUT2D eigenvalue weighted by atomic mass is 9.84. The van der Waals surface area contributed by atoms with Crippen LogP contribution in [0, 0.1) is 5.92 Å². The highest BCUT2D eigenvalue weighted by Gasteiger charge is 2.25. The fraction of sp³-hybridized carbons (Fsp3) is 0.583. The summed E-state index contributed by atoms with van der Waals surface area (Å²) in [7, 11) is 0. The van der Waals surface area contributed by atoms with E-state index in [4.69, 9.17) is 4.42 Å². The van der Waals surface area contributed by atoms with Crippen LogP contribution in [0.3, 0.4) is 0 Å². The van der Waals surface area contributed by atoms with Gasteiger partial charge in [-0.25, -0.2) is 0 Å². The molecule has 1 atom stereocenters. The molecule has 1 heterocycles. The van der Waals surface area contributed by atoms with Crippen LogP contribution < -0.4 is 5.32 Å². The van der Waals surface area contributed by atoms with Gasteiger partial charge in [-0.1, -0.05) is 6.42 Å². The van der Waals surface area contributed by atoms with E-state index < -0.39 is 0 Å². The van der Waals surface area contributed by atoms with Gasteiger partial charge in [0.1, 0.15) is 5.76 Å². The Labute approximate surface area is 89.9 Å². The van der Waals surface area contributed by atoms with Crippen LogP contribution in [0.5, 0.6) is 0 Å². The van der Waals surface area contributed by atoms with Crippen LogP contribution in [0.2, 0.25) is 0 Å². The molecule has 1 aliphatic carbocycles. The first-order valence-electron chi connectivity index (χ1n) is 5.58. The van der Waals surface area contributed by atoms with Crippen LogP contribution in [-0.2, 0) is 11.2 Å². The molecule has 82 valence electrons. The van der Waals surface area contributed by atoms with E-state index in [0.29, 0.717) is 0 Å². The van der Waals surface area contributed by atoms with Crippen molar-refractivity contribution in [2.45, 2.75) is 38.6 Å². The molecule has 0 spiro atoms. The Kier molecular flexibility index (Phi) is 3.09. The van der Waals surface area contributed by atoms with Crippen molar-refractivity contribution in [3.63, 3.8) is 0 Å². The molecule has 1 aliphatic rings. The van der Waals surface area contributed by atoms with Crippen LogP contribution in [0.1, 0.15) is 31.9 Å². The van der Waals surface area contributed by atoms with Crippen LogP contribution in [0.25, 0.3) is 0 Å². The third kappa shape index (κ3) is 2.61. The summed E-state index contributed by atoms with van der Waals surface area (Å²) in [5.74, 6) is 1.40. The maximum Gasteiger partial charge on any atom is 0.223 e. The van der Waals surface area contributed by atoms with Crippen molar-refractivity contribution in [2.75, 3.05) is 0 Å². The van der Waals surface area contributed by atoms with Crippen LogP contribution in [0.15, 0.2) is 22.8 Å². The van der Waals surface area contributed by atoms with Gasteiger partial charge in [0.2, 0.25) is 5.91 Å². The summed E-state index contributed by atoms with van der Waals surface area (Å²) in [5.41, 5.74) is 0. The molecule has 0 aromatic carbocycles. The smallest absolute Gasteiger partial charge is 0.223 e. The minimum atomic E-state index is 0.157. The number of hydrogen-bond donors (Lipinski definition) is 1. The molecule has 0 bridgehead atoms. The second-order valence-electron chi connectivity index (χ2n) is 4.32. The first-order chi connectivity index (χ1) is 7.25. The second kappa shape index (κ2) is 4.51. The Balaban J connectivity index is 1.76. The van der Waals surface area contributed by atoms with Crippen LogP contribution >= 0.6 is 0 Å². The lowest BCUT2D eigenvalue weighted by molar-refractivity contribution is -0.128. The highest BCUT2D eigenvalue weighted by atomic mass is 16.3. The molecule has 1 fully saturated rings. The Morgan fingerprint density at radius 3 is 3.00 bits per heavy atom. The third-order valence-corrected chi connectivity index (χ3v) is 2.95. The zero-order valence-electron chi connectivity index (χ0n) is 9.03. The van der Waals surface area contributed by atoms with E-state index in [9.17, 15) is 4.79 Å². The summed E-state index contributed by atoms with van der Waals surface area (Å²) in [6, 6.07) is 3.96. The zero-order chi connectivity index (χ0) is 10.7. The minimum absolute atomic E-state index is 0.157. The van der Waals surface area contributed by atoms with E-state index >= 15 is 0 Å². The van der Waals surface area contributed by atoms with E-state index in [-0.39, 0.29) is 17.9 Å². The monoisotopic (exact) mass is 207 g/mol. The molecule has 3 nitrogen and oxygen atoms in total. The number of amides is 1. The van der Waals surface area contributed by atoms with Crippen molar-refractivity contribution >= 4 is 5.91 Å². The van der Waals surface area contributed by atoms with Gasteiger partial charge in [-0.15, -0.1) is 0 Å². The molecular formula is C12H17NO2. The average molecular weight is 207 g/mol. The lowest BCUT2D eigenvalue weighted by Gasteiger charge is -2.25. The Bertz CT molecular complexity index is 314. The molecule has 0 radical (unpaired) electrons. The number of furan rings is 1. The summed E-state index contributed by atoms with van der Waals surface area (Å²) in [6.07, 6.45) is 5.74. The van der Waals surface area contributed by atoms with Crippen molar-refractivity contribution < 1.29 is 9.21 Å². The summed E-state index contributed by atoms with van der Waals surface area (Å²) in [5, 5.41) is 3.02. The third-order valence-electron chi connectivity index (χ3n) is 2.95. The Morgan fingerprint density at radius 1 is 1.67 bits per heavy atom. The number of carbonyl (C=O) groups excluding carboxylic acids is 1. The van der Waals surface area contributed by atoms with Gasteiger partial charge in [0, 0.05) is 18.4 Å². The van der Waals surface area contributed by atoms with Gasteiger partial charge in [-0.05, 0) is 31.9 Å². The Hall–Kier alpha value is -1.25. The number of rotatable bonds is 4. The predicted molar refractivity (Wildman–Crippen MR) is 57.4 cm³/mol. The summed E-state index contributed by atoms with van der Waals surface area (Å²) in [6.45, 7) is 2.01. The molecule has 3 heteroatoms. The van der Waals surface area contributed by atoms with Gasteiger partial charge in [-0.2, -0.15) is 0 Å². The van der Waals surface area contributed by atoms with Crippen molar-refractivity contribution in [2.24, 2.45) is 5.92 Å². The first kappa shape index (κ1) is 10.3. The van der Waals surface area contributed by atoms with Crippen molar-refractivity contribution in [3.8, 4) is 0 Å². The van der Waals surface area contributed by atoms with Gasteiger partial charge in [0.05, 0.1) is 6.26 Å². The first-order valence-corrected chi connectivity index (χ1v) is 5.58. The van der Waals surface area contributed by atoms with Crippen LogP contribution in [-0.4, -0.2) is 11.9 Å². The molecule has 1 saturated carbocycles. The normalized spacial score (nSPS) is 18.2. The van der Waals surface area contributed by atoms with Gasteiger partial charge < -0.3 is 9.73 Å². The van der Waals surface area contributed by atoms with Gasteiger partial charge in [0.25, 0.3) is 0 Å². The minimum Gasteiger partial charge on any atom is -0.469 e. The highest BCUT2D eigenvalue weighted by molar-refractivity contribution is 5.79. The highest BCUT2D eigenvalue weighted by Crippen LogP contribution is 2.26. The fourth-order valence-corrected chi connectivity index (χ4v) is 1.81. The van der Waals surface area contributed by atoms with Gasteiger partial charge in [-0.3, -0.25) is 4.79 Å². The van der Waals surface area contributed by atoms with E-state index in [2.05, 4.69) is 5.32 Å². The average Bonchev–Trinajstić information content (AvgIpc) is 2.52. The second-order valence-corrected chi connectivity index (χ2v) is 4.32. The maximum atomic E-state index is 11.6. The van der Waals surface area contributed by atoms with Crippen molar-refractivity contribution in [1.82, 2.24) is 5.32 Å². The predicted octanol–water partition coefficient (Wildman–Crippen LogP) is 2.13. The quantitative estimate of drug-likeness (QED) is 0.821. The maximum absolute atomic E-state index is 11.6. The summed E-state index contributed by atoms with van der Waals surface area (Å²) < 4.78 is 5.24. The molecule has 1 aromatic heterocycles. The molecular weight excluding hydrogens is 190 g/mol. The molecule has 0 saturated heterocycles. The summed E-state index contributed by atoms with van der Waals surface area (Å²) in [4.78, 5) is 11.6. The van der Waals surface area contributed by atoms with Crippen LogP contribution in [0.4, 0.5) is 0 Å². The lowest BCUT2D eigenvalue weighted by Crippen LogP contribution is -2.40. The SMILES string of the molecule is CC(Cc1ccco1)NC(=O)C1CCC1. The van der Waals surface area contributed by atoms with E-state index in [1.54, 1.807) is 6.26 Å². The van der Waals surface area contributed by atoms with Gasteiger partial charge in [0.15, 0.2) is 0 Å². The molecule has 0 aliphatic heterocycles. The topological polar surface area (TPSA) is 42.2 Å². The van der Waals surface area contributed by atoms with Crippen molar-refractivity contribution in [3.05, 3.63) is 24.2 Å². The Morgan fingerprint density at radius 2 is 2.47 bits per heavy atom. The van der Waals surface area contributed by atoms with Crippen molar-refractivity contribution in [1.29, 1.82) is 0 Å². The number of carbonyl (C=O) groups is 1. The van der Waals surface area contributed by atoms with E-state index in [1.165, 1.54) is 6.42 Å². The fourth-order valence-electron chi connectivity index (χ4n) is 1.81. The molecule has 1 N–H and O–H groups in total. The molecule has 1 aromatic rings. The zero-order valence-corrected chi connectivity index (χ0v) is 9.03. The van der Waals surface area contributed by atoms with E-state index in [0.717, 1.165) is 25.0 Å². The molecule has 2 rings (SSSR count). The standard InChI is InChI=1S/C12H17NO2/c1-9(8-11-6-3-7-15-11)13-12(14)10-4-2-5-10/h3,6-7,9-10H,2,4-5,8H2,1H3,(H,13,14). The molecule has 15 heavy (non-hydrogen) atoms. The molecule has 1 amide bonds. The van der Waals surface area contributed by atoms with E-state index in [1.807, 2.05) is 19.1 Å². The molecule has 1 unspecified atom stereocenters.